The number of benzene rings is 2. The van der Waals surface area contributed by atoms with Gasteiger partial charge in [0.2, 0.25) is 0 Å². The highest BCUT2D eigenvalue weighted by molar-refractivity contribution is 6.39. The maximum atomic E-state index is 13.1. The number of hydrogen-bond acceptors (Lipinski definition) is 7. The summed E-state index contributed by atoms with van der Waals surface area (Å²) >= 11 is 6.12. The average Bonchev–Trinajstić information content (AvgIpc) is 3.27. The molecular weight excluding hydrogens is 478 g/mol. The van der Waals surface area contributed by atoms with E-state index in [0.29, 0.717) is 17.4 Å². The highest BCUT2D eigenvalue weighted by Crippen LogP contribution is 2.35. The number of urea groups is 1. The predicted molar refractivity (Wildman–Crippen MR) is 127 cm³/mol. The van der Waals surface area contributed by atoms with Gasteiger partial charge in [0.25, 0.3) is 17.5 Å². The van der Waals surface area contributed by atoms with Crippen molar-refractivity contribution in [2.24, 2.45) is 0 Å². The summed E-state index contributed by atoms with van der Waals surface area (Å²) < 4.78 is 11.0. The Morgan fingerprint density at radius 2 is 1.91 bits per heavy atom. The van der Waals surface area contributed by atoms with Crippen LogP contribution in [0.3, 0.4) is 0 Å². The van der Waals surface area contributed by atoms with E-state index in [-0.39, 0.29) is 34.0 Å². The van der Waals surface area contributed by atoms with Crippen LogP contribution in [0, 0.1) is 17.0 Å². The molecule has 2 aromatic carbocycles. The smallest absolute Gasteiger partial charge is 0.335 e. The first-order valence-corrected chi connectivity index (χ1v) is 10.8. The van der Waals surface area contributed by atoms with Crippen LogP contribution in [-0.2, 0) is 9.59 Å². The minimum atomic E-state index is -0.915. The molecule has 4 rings (SSSR count). The third-order valence-electron chi connectivity index (χ3n) is 5.17. The molecule has 178 valence electrons. The van der Waals surface area contributed by atoms with E-state index < -0.39 is 22.8 Å². The number of carbonyl (C=O) groups is 3. The van der Waals surface area contributed by atoms with E-state index in [4.69, 9.17) is 20.8 Å². The van der Waals surface area contributed by atoms with Crippen LogP contribution < -0.4 is 15.0 Å². The molecule has 1 fully saturated rings. The minimum absolute atomic E-state index is 0.0814. The number of nitrogens with one attached hydrogen (secondary N) is 1. The van der Waals surface area contributed by atoms with E-state index in [2.05, 4.69) is 5.32 Å². The number of imide groups is 2. The van der Waals surface area contributed by atoms with Gasteiger partial charge in [-0.25, -0.2) is 9.69 Å². The molecule has 1 N–H and O–H groups in total. The maximum Gasteiger partial charge on any atom is 0.335 e. The summed E-state index contributed by atoms with van der Waals surface area (Å²) in [5.74, 6) is -1.21. The lowest BCUT2D eigenvalue weighted by atomic mass is 10.1. The first kappa shape index (κ1) is 23.7. The number of ether oxygens (including phenoxy) is 1. The van der Waals surface area contributed by atoms with Crippen molar-refractivity contribution >= 4 is 46.9 Å². The van der Waals surface area contributed by atoms with Gasteiger partial charge in [-0.2, -0.15) is 0 Å². The Kier molecular flexibility index (Phi) is 6.39. The zero-order valence-corrected chi connectivity index (χ0v) is 19.3. The number of aryl methyl sites for hydroxylation is 1. The molecule has 35 heavy (non-hydrogen) atoms. The number of anilines is 1. The molecule has 10 nitrogen and oxygen atoms in total. The van der Waals surface area contributed by atoms with Gasteiger partial charge in [-0.15, -0.1) is 0 Å². The lowest BCUT2D eigenvalue weighted by Gasteiger charge is -2.26. The summed E-state index contributed by atoms with van der Waals surface area (Å²) in [6, 6.07) is 11.0. The number of amides is 4. The molecule has 0 spiro atoms. The minimum Gasteiger partial charge on any atom is -0.494 e. The first-order valence-electron chi connectivity index (χ1n) is 10.4. The zero-order valence-electron chi connectivity index (χ0n) is 18.5. The number of nitro groups is 1. The third-order valence-corrected chi connectivity index (χ3v) is 5.58. The molecule has 3 aromatic rings. The zero-order chi connectivity index (χ0) is 25.3. The molecule has 0 radical (unpaired) electrons. The third kappa shape index (κ3) is 4.64. The van der Waals surface area contributed by atoms with Gasteiger partial charge in [-0.1, -0.05) is 17.7 Å². The van der Waals surface area contributed by atoms with Crippen LogP contribution in [0.5, 0.6) is 5.75 Å². The van der Waals surface area contributed by atoms with Crippen molar-refractivity contribution in [1.29, 1.82) is 0 Å². The monoisotopic (exact) mass is 495 g/mol. The summed E-state index contributed by atoms with van der Waals surface area (Å²) in [5.41, 5.74) is 0.534. The Bertz CT molecular complexity index is 1410. The van der Waals surface area contributed by atoms with Crippen LogP contribution in [0.1, 0.15) is 18.2 Å². The van der Waals surface area contributed by atoms with Crippen LogP contribution in [0.15, 0.2) is 58.5 Å². The van der Waals surface area contributed by atoms with Crippen LogP contribution in [0.2, 0.25) is 5.02 Å². The van der Waals surface area contributed by atoms with Gasteiger partial charge in [0.05, 0.1) is 28.8 Å². The van der Waals surface area contributed by atoms with Gasteiger partial charge in [0.1, 0.15) is 22.8 Å². The molecule has 0 aliphatic carbocycles. The molecule has 1 saturated heterocycles. The van der Waals surface area contributed by atoms with Crippen molar-refractivity contribution < 1.29 is 28.5 Å². The van der Waals surface area contributed by atoms with Crippen LogP contribution in [0.25, 0.3) is 17.4 Å². The van der Waals surface area contributed by atoms with Gasteiger partial charge >= 0.3 is 6.03 Å². The summed E-state index contributed by atoms with van der Waals surface area (Å²) in [7, 11) is 0. The van der Waals surface area contributed by atoms with Crippen molar-refractivity contribution in [2.75, 3.05) is 11.5 Å². The molecule has 1 aromatic heterocycles. The first-order chi connectivity index (χ1) is 16.7. The summed E-state index contributed by atoms with van der Waals surface area (Å²) in [4.78, 5) is 49.6. The molecule has 0 atom stereocenters. The van der Waals surface area contributed by atoms with Crippen LogP contribution >= 0.6 is 11.6 Å². The van der Waals surface area contributed by atoms with E-state index in [9.17, 15) is 24.5 Å². The number of barbiturate groups is 1. The average molecular weight is 496 g/mol. The molecule has 4 amide bonds. The number of carbonyl (C=O) groups excluding carboxylic acids is 3. The fourth-order valence-corrected chi connectivity index (χ4v) is 3.63. The van der Waals surface area contributed by atoms with E-state index in [1.807, 2.05) is 0 Å². The molecule has 0 unspecified atom stereocenters. The maximum absolute atomic E-state index is 13.1. The van der Waals surface area contributed by atoms with E-state index in [0.717, 1.165) is 16.5 Å². The SMILES string of the molecule is CCOc1ccc(-c2ccc(/C=C3/C(=O)NC(=O)N(c4ccc(C)c(Cl)c4)C3=O)o2)c([N+](=O)[O-])c1. The second-order valence-electron chi connectivity index (χ2n) is 7.46. The van der Waals surface area contributed by atoms with Crippen molar-refractivity contribution in [1.82, 2.24) is 5.32 Å². The predicted octanol–water partition coefficient (Wildman–Crippen LogP) is 4.88. The summed E-state index contributed by atoms with van der Waals surface area (Å²) in [5, 5.41) is 14.0. The van der Waals surface area contributed by atoms with Gasteiger partial charge in [-0.3, -0.25) is 25.0 Å². The highest BCUT2D eigenvalue weighted by atomic mass is 35.5. The van der Waals surface area contributed by atoms with Gasteiger partial charge in [-0.05, 0) is 61.9 Å². The summed E-state index contributed by atoms with van der Waals surface area (Å²) in [6.07, 6.45) is 1.16. The van der Waals surface area contributed by atoms with Gasteiger partial charge in [0, 0.05) is 5.02 Å². The normalized spacial score (nSPS) is 14.9. The van der Waals surface area contributed by atoms with Crippen molar-refractivity contribution in [3.8, 4) is 17.1 Å². The lowest BCUT2D eigenvalue weighted by molar-refractivity contribution is -0.384. The molecule has 0 saturated carbocycles. The molecule has 1 aliphatic heterocycles. The van der Waals surface area contributed by atoms with E-state index in [1.54, 1.807) is 26.0 Å². The van der Waals surface area contributed by atoms with Crippen molar-refractivity contribution in [2.45, 2.75) is 13.8 Å². The number of nitrogens with zero attached hydrogens (tertiary/aromatic N) is 2. The van der Waals surface area contributed by atoms with Crippen molar-refractivity contribution in [3.05, 3.63) is 80.6 Å². The van der Waals surface area contributed by atoms with Gasteiger partial charge in [0.15, 0.2) is 0 Å². The summed E-state index contributed by atoms with van der Waals surface area (Å²) in [6.45, 7) is 3.87. The van der Waals surface area contributed by atoms with Gasteiger partial charge < -0.3 is 9.15 Å². The highest BCUT2D eigenvalue weighted by Gasteiger charge is 2.37. The van der Waals surface area contributed by atoms with E-state index in [1.165, 1.54) is 36.4 Å². The Labute approximate surface area is 203 Å². The quantitative estimate of drug-likeness (QED) is 0.223. The molecule has 0 bridgehead atoms. The van der Waals surface area contributed by atoms with Crippen LogP contribution in [-0.4, -0.2) is 29.4 Å². The Morgan fingerprint density at radius 1 is 1.14 bits per heavy atom. The standard InChI is InChI=1S/C24H18ClN3O7/c1-3-34-15-6-8-17(20(12-15)28(32)33)21-9-7-16(35-21)11-18-22(29)26-24(31)27(23(18)30)14-5-4-13(2)19(25)10-14/h4-12H,3H2,1-2H3,(H,26,29,31)/b18-11-. The topological polar surface area (TPSA) is 132 Å². The Morgan fingerprint density at radius 3 is 2.60 bits per heavy atom. The number of furan rings is 1. The molecule has 2 heterocycles. The van der Waals surface area contributed by atoms with Crippen LogP contribution in [0.4, 0.5) is 16.2 Å². The number of rotatable bonds is 6. The largest absolute Gasteiger partial charge is 0.494 e. The molecule has 1 aliphatic rings. The number of hydrogen-bond donors (Lipinski definition) is 1. The second-order valence-corrected chi connectivity index (χ2v) is 7.87. The van der Waals surface area contributed by atoms with Crippen molar-refractivity contribution in [3.63, 3.8) is 0 Å². The Balaban J connectivity index is 1.69. The lowest BCUT2D eigenvalue weighted by Crippen LogP contribution is -2.54. The second kappa shape index (κ2) is 9.43. The number of halogens is 1. The number of nitro benzene ring substituents is 1. The fourth-order valence-electron chi connectivity index (χ4n) is 3.46. The molecule has 11 heteroatoms. The fraction of sp³-hybridized carbons (Fsp3) is 0.125. The van der Waals surface area contributed by atoms with E-state index >= 15 is 0 Å². The molecular formula is C24H18ClN3O7. The Hall–Kier alpha value is -4.44.